The summed E-state index contributed by atoms with van der Waals surface area (Å²) in [6.45, 7) is 3.07. The normalized spacial score (nSPS) is 15.2. The summed E-state index contributed by atoms with van der Waals surface area (Å²) >= 11 is 0. The summed E-state index contributed by atoms with van der Waals surface area (Å²) in [5.41, 5.74) is 3.66. The molecule has 0 radical (unpaired) electrons. The van der Waals surface area contributed by atoms with Crippen molar-refractivity contribution in [1.29, 1.82) is 0 Å². The molecule has 1 heterocycles. The van der Waals surface area contributed by atoms with Gasteiger partial charge in [0.1, 0.15) is 0 Å². The fourth-order valence-corrected chi connectivity index (χ4v) is 3.95. The van der Waals surface area contributed by atoms with Gasteiger partial charge in [0.05, 0.1) is 12.6 Å². The van der Waals surface area contributed by atoms with Gasteiger partial charge >= 0.3 is 0 Å². The molecule has 142 valence electrons. The average molecular weight is 370 g/mol. The molecule has 28 heavy (non-hydrogen) atoms. The Bertz CT molecular complexity index is 841. The van der Waals surface area contributed by atoms with Crippen LogP contribution in [0.4, 0.5) is 0 Å². The topological polar surface area (TPSA) is 23.6 Å². The van der Waals surface area contributed by atoms with Crippen molar-refractivity contribution >= 4 is 5.91 Å². The molecule has 0 spiro atoms. The van der Waals surface area contributed by atoms with Gasteiger partial charge in [-0.1, -0.05) is 91.0 Å². The minimum absolute atomic E-state index is 0.0221. The summed E-state index contributed by atoms with van der Waals surface area (Å²) in [5, 5.41) is 0. The van der Waals surface area contributed by atoms with Gasteiger partial charge in [-0.3, -0.25) is 9.69 Å². The maximum atomic E-state index is 13.1. The number of nitrogens with zero attached hydrogens (tertiary/aromatic N) is 2. The second-order valence-electron chi connectivity index (χ2n) is 7.32. The van der Waals surface area contributed by atoms with Crippen LogP contribution in [0, 0.1) is 0 Å². The first-order valence-corrected chi connectivity index (χ1v) is 9.97. The van der Waals surface area contributed by atoms with E-state index in [4.69, 9.17) is 0 Å². The highest BCUT2D eigenvalue weighted by molar-refractivity contribution is 5.80. The van der Waals surface area contributed by atoms with E-state index in [0.717, 1.165) is 26.1 Å². The summed E-state index contributed by atoms with van der Waals surface area (Å²) in [6.07, 6.45) is 0.981. The third kappa shape index (κ3) is 4.32. The van der Waals surface area contributed by atoms with Crippen LogP contribution in [-0.2, 0) is 11.2 Å². The molecule has 1 saturated heterocycles. The van der Waals surface area contributed by atoms with Gasteiger partial charge in [-0.2, -0.15) is 0 Å². The predicted molar refractivity (Wildman–Crippen MR) is 113 cm³/mol. The fourth-order valence-electron chi connectivity index (χ4n) is 3.95. The third-order valence-electron chi connectivity index (χ3n) is 5.44. The molecule has 0 bridgehead atoms. The monoisotopic (exact) mass is 370 g/mol. The molecule has 1 aliphatic heterocycles. The van der Waals surface area contributed by atoms with Crippen LogP contribution in [0.3, 0.4) is 0 Å². The van der Waals surface area contributed by atoms with E-state index < -0.39 is 0 Å². The van der Waals surface area contributed by atoms with Crippen molar-refractivity contribution in [2.75, 3.05) is 26.2 Å². The van der Waals surface area contributed by atoms with Gasteiger partial charge < -0.3 is 4.90 Å². The van der Waals surface area contributed by atoms with E-state index in [0.29, 0.717) is 6.54 Å². The predicted octanol–water partition coefficient (Wildman–Crippen LogP) is 4.16. The number of carbonyl (C=O) groups excluding carboxylic acids is 1. The van der Waals surface area contributed by atoms with Crippen LogP contribution in [0.1, 0.15) is 22.7 Å². The van der Waals surface area contributed by atoms with Crippen molar-refractivity contribution < 1.29 is 4.79 Å². The van der Waals surface area contributed by atoms with E-state index >= 15 is 0 Å². The van der Waals surface area contributed by atoms with Gasteiger partial charge in [-0.25, -0.2) is 0 Å². The zero-order chi connectivity index (χ0) is 19.2. The van der Waals surface area contributed by atoms with Gasteiger partial charge in [0.25, 0.3) is 0 Å². The molecule has 3 aromatic rings. The van der Waals surface area contributed by atoms with Gasteiger partial charge in [0.15, 0.2) is 0 Å². The van der Waals surface area contributed by atoms with E-state index in [-0.39, 0.29) is 11.9 Å². The molecule has 0 atom stereocenters. The molecule has 0 saturated carbocycles. The highest BCUT2D eigenvalue weighted by Crippen LogP contribution is 2.29. The van der Waals surface area contributed by atoms with Crippen molar-refractivity contribution in [3.63, 3.8) is 0 Å². The van der Waals surface area contributed by atoms with Crippen molar-refractivity contribution in [3.8, 4) is 0 Å². The lowest BCUT2D eigenvalue weighted by atomic mass is 9.96. The summed E-state index contributed by atoms with van der Waals surface area (Å²) in [4.78, 5) is 17.4. The Hall–Kier alpha value is -2.91. The first kappa shape index (κ1) is 18.5. The zero-order valence-corrected chi connectivity index (χ0v) is 16.1. The summed E-state index contributed by atoms with van der Waals surface area (Å²) in [7, 11) is 0. The Labute approximate surface area is 167 Å². The van der Waals surface area contributed by atoms with Gasteiger partial charge in [-0.05, 0) is 23.1 Å². The Kier molecular flexibility index (Phi) is 5.83. The summed E-state index contributed by atoms with van der Waals surface area (Å²) < 4.78 is 0. The summed E-state index contributed by atoms with van der Waals surface area (Å²) in [6, 6.07) is 31.2. The van der Waals surface area contributed by atoms with Crippen LogP contribution in [0.2, 0.25) is 0 Å². The van der Waals surface area contributed by atoms with Gasteiger partial charge in [0.2, 0.25) is 5.91 Å². The first-order valence-electron chi connectivity index (χ1n) is 9.97. The maximum Gasteiger partial charge on any atom is 0.237 e. The van der Waals surface area contributed by atoms with Crippen molar-refractivity contribution in [3.05, 3.63) is 108 Å². The fraction of sp³-hybridized carbons (Fsp3) is 0.240. The Morgan fingerprint density at radius 3 is 1.79 bits per heavy atom. The summed E-state index contributed by atoms with van der Waals surface area (Å²) in [5.74, 6) is 0.206. The molecule has 4 rings (SSSR count). The van der Waals surface area contributed by atoms with E-state index in [2.05, 4.69) is 53.4 Å². The molecule has 3 aromatic carbocycles. The molecule has 0 unspecified atom stereocenters. The molecule has 1 amide bonds. The SMILES string of the molecule is O=C1CN(CCc2ccccc2)CCN1C(c1ccccc1)c1ccccc1. The Morgan fingerprint density at radius 2 is 1.25 bits per heavy atom. The lowest BCUT2D eigenvalue weighted by Crippen LogP contribution is -2.52. The molecule has 1 fully saturated rings. The number of hydrogen-bond donors (Lipinski definition) is 0. The van der Waals surface area contributed by atoms with E-state index in [1.165, 1.54) is 16.7 Å². The molecular formula is C25H26N2O. The Morgan fingerprint density at radius 1 is 0.714 bits per heavy atom. The lowest BCUT2D eigenvalue weighted by Gasteiger charge is -2.39. The van der Waals surface area contributed by atoms with Crippen LogP contribution < -0.4 is 0 Å². The second kappa shape index (κ2) is 8.85. The number of carbonyl (C=O) groups is 1. The van der Waals surface area contributed by atoms with Gasteiger partial charge in [-0.15, -0.1) is 0 Å². The number of benzene rings is 3. The first-order chi connectivity index (χ1) is 13.8. The molecule has 0 aromatic heterocycles. The smallest absolute Gasteiger partial charge is 0.237 e. The third-order valence-corrected chi connectivity index (χ3v) is 5.44. The van der Waals surface area contributed by atoms with E-state index in [9.17, 15) is 4.79 Å². The maximum absolute atomic E-state index is 13.1. The molecule has 1 aliphatic rings. The molecular weight excluding hydrogens is 344 g/mol. The minimum atomic E-state index is -0.0221. The average Bonchev–Trinajstić information content (AvgIpc) is 2.76. The van der Waals surface area contributed by atoms with E-state index in [1.54, 1.807) is 0 Å². The standard InChI is InChI=1S/C25H26N2O/c28-24-20-26(17-16-21-10-4-1-5-11-21)18-19-27(24)25(22-12-6-2-7-13-22)23-14-8-3-9-15-23/h1-15,25H,16-20H2. The molecule has 0 aliphatic carbocycles. The van der Waals surface area contributed by atoms with Crippen LogP contribution in [0.15, 0.2) is 91.0 Å². The van der Waals surface area contributed by atoms with E-state index in [1.807, 2.05) is 47.4 Å². The number of hydrogen-bond acceptors (Lipinski definition) is 2. The number of amides is 1. The number of piperazine rings is 1. The van der Waals surface area contributed by atoms with Crippen LogP contribution in [-0.4, -0.2) is 41.9 Å². The Balaban J connectivity index is 1.48. The largest absolute Gasteiger partial charge is 0.329 e. The zero-order valence-electron chi connectivity index (χ0n) is 16.1. The van der Waals surface area contributed by atoms with Crippen molar-refractivity contribution in [1.82, 2.24) is 9.80 Å². The lowest BCUT2D eigenvalue weighted by molar-refractivity contribution is -0.137. The quantitative estimate of drug-likeness (QED) is 0.650. The van der Waals surface area contributed by atoms with Gasteiger partial charge in [0, 0.05) is 19.6 Å². The number of rotatable bonds is 6. The molecule has 0 N–H and O–H groups in total. The van der Waals surface area contributed by atoms with Crippen LogP contribution in [0.5, 0.6) is 0 Å². The van der Waals surface area contributed by atoms with Crippen LogP contribution >= 0.6 is 0 Å². The highest BCUT2D eigenvalue weighted by Gasteiger charge is 2.31. The minimum Gasteiger partial charge on any atom is -0.329 e. The molecule has 3 nitrogen and oxygen atoms in total. The highest BCUT2D eigenvalue weighted by atomic mass is 16.2. The molecule has 3 heteroatoms. The van der Waals surface area contributed by atoms with Crippen LogP contribution in [0.25, 0.3) is 0 Å². The second-order valence-corrected chi connectivity index (χ2v) is 7.32. The van der Waals surface area contributed by atoms with Crippen molar-refractivity contribution in [2.45, 2.75) is 12.5 Å². The van der Waals surface area contributed by atoms with Crippen molar-refractivity contribution in [2.24, 2.45) is 0 Å².